The molecule has 1 spiro atoms. The van der Waals surface area contributed by atoms with Crippen LogP contribution in [0.4, 0.5) is 0 Å². The third-order valence-electron chi connectivity index (χ3n) is 8.46. The van der Waals surface area contributed by atoms with Gasteiger partial charge in [0.2, 0.25) is 17.7 Å². The molecule has 6 atom stereocenters. The Bertz CT molecular complexity index is 888. The maximum Gasteiger partial charge on any atom is 0.247 e. The topological polar surface area (TPSA) is 81.2 Å². The van der Waals surface area contributed by atoms with Gasteiger partial charge in [0.25, 0.3) is 0 Å². The van der Waals surface area contributed by atoms with Gasteiger partial charge < -0.3 is 19.8 Å². The summed E-state index contributed by atoms with van der Waals surface area (Å²) in [5.74, 6) is -0.971. The van der Waals surface area contributed by atoms with Gasteiger partial charge in [-0.3, -0.25) is 14.4 Å². The second-order valence-electron chi connectivity index (χ2n) is 11.2. The van der Waals surface area contributed by atoms with Crippen molar-refractivity contribution in [1.29, 1.82) is 0 Å². The van der Waals surface area contributed by atoms with Gasteiger partial charge in [0.05, 0.1) is 16.6 Å². The zero-order chi connectivity index (χ0) is 28.6. The van der Waals surface area contributed by atoms with Crippen LogP contribution in [0, 0.1) is 11.8 Å². The van der Waals surface area contributed by atoms with Gasteiger partial charge in [-0.2, -0.15) is 0 Å². The van der Waals surface area contributed by atoms with Gasteiger partial charge in [-0.15, -0.1) is 24.9 Å². The number of fused-ring (bicyclic) bond motifs is 1. The van der Waals surface area contributed by atoms with E-state index in [1.54, 1.807) is 23.9 Å². The smallest absolute Gasteiger partial charge is 0.247 e. The van der Waals surface area contributed by atoms with E-state index in [-0.39, 0.29) is 34.4 Å². The number of carbonyl (C=O) groups excluding carboxylic acids is 3. The number of halogens is 1. The number of rotatable bonds is 18. The summed E-state index contributed by atoms with van der Waals surface area (Å²) in [5.41, 5.74) is 0. The Morgan fingerprint density at radius 1 is 1.03 bits per heavy atom. The van der Waals surface area contributed by atoms with E-state index in [4.69, 9.17) is 5.11 Å². The van der Waals surface area contributed by atoms with Gasteiger partial charge in [0.15, 0.2) is 0 Å². The minimum atomic E-state index is -0.616. The summed E-state index contributed by atoms with van der Waals surface area (Å²) in [7, 11) is 0. The number of nitrogens with zero attached hydrogens (tertiary/aromatic N) is 3. The Hall–Kier alpha value is -1.32. The molecule has 3 heterocycles. The van der Waals surface area contributed by atoms with Gasteiger partial charge in [-0.05, 0) is 32.1 Å². The summed E-state index contributed by atoms with van der Waals surface area (Å²) in [5, 5.41) is 9.13. The fourth-order valence-corrected chi connectivity index (χ4v) is 10.4. The number of aliphatic hydroxyl groups excluding tert-OH is 1. The third-order valence-corrected chi connectivity index (χ3v) is 11.7. The van der Waals surface area contributed by atoms with Crippen LogP contribution >= 0.6 is 27.7 Å². The summed E-state index contributed by atoms with van der Waals surface area (Å²) in [6.45, 7) is 14.8. The van der Waals surface area contributed by atoms with E-state index >= 15 is 0 Å². The second kappa shape index (κ2) is 15.1. The molecule has 220 valence electrons. The molecule has 1 N–H and O–H groups in total. The second-order valence-corrected chi connectivity index (χ2v) is 13.9. The van der Waals surface area contributed by atoms with Crippen LogP contribution in [0.15, 0.2) is 25.3 Å². The number of hydrogen-bond donors (Lipinski definition) is 1. The maximum absolute atomic E-state index is 14.4. The van der Waals surface area contributed by atoms with Crippen LogP contribution in [0.1, 0.15) is 71.6 Å². The lowest BCUT2D eigenvalue weighted by atomic mass is 9.70. The predicted molar refractivity (Wildman–Crippen MR) is 163 cm³/mol. The molecule has 3 unspecified atom stereocenters. The van der Waals surface area contributed by atoms with Crippen molar-refractivity contribution >= 4 is 45.4 Å². The van der Waals surface area contributed by atoms with Crippen LogP contribution in [0.25, 0.3) is 0 Å². The summed E-state index contributed by atoms with van der Waals surface area (Å²) >= 11 is 5.59. The lowest BCUT2D eigenvalue weighted by Gasteiger charge is -2.38. The Labute approximate surface area is 247 Å². The fourth-order valence-electron chi connectivity index (χ4n) is 6.78. The molecule has 9 heteroatoms. The van der Waals surface area contributed by atoms with Gasteiger partial charge >= 0.3 is 0 Å². The molecule has 3 fully saturated rings. The van der Waals surface area contributed by atoms with Crippen molar-refractivity contribution in [1.82, 2.24) is 14.7 Å². The molecule has 7 nitrogen and oxygen atoms in total. The third kappa shape index (κ3) is 6.61. The minimum Gasteiger partial charge on any atom is -0.396 e. The molecule has 2 bridgehead atoms. The Morgan fingerprint density at radius 2 is 1.69 bits per heavy atom. The molecule has 39 heavy (non-hydrogen) atoms. The quantitative estimate of drug-likeness (QED) is 0.136. The predicted octanol–water partition coefficient (Wildman–Crippen LogP) is 4.63. The average Bonchev–Trinajstić information content (AvgIpc) is 3.50. The van der Waals surface area contributed by atoms with Crippen molar-refractivity contribution in [3.63, 3.8) is 0 Å². The molecule has 3 amide bonds. The number of likely N-dealkylation sites (tertiary alicyclic amines) is 1. The lowest BCUT2D eigenvalue weighted by Crippen LogP contribution is -2.56. The minimum absolute atomic E-state index is 0.00494. The van der Waals surface area contributed by atoms with Crippen molar-refractivity contribution in [2.24, 2.45) is 11.8 Å². The molecule has 3 aliphatic heterocycles. The molecular weight excluding hydrogens is 578 g/mol. The number of carbonyl (C=O) groups is 3. The first kappa shape index (κ1) is 32.2. The van der Waals surface area contributed by atoms with E-state index in [1.807, 2.05) is 21.6 Å². The fraction of sp³-hybridized carbons (Fsp3) is 0.767. The van der Waals surface area contributed by atoms with E-state index in [0.29, 0.717) is 39.1 Å². The van der Waals surface area contributed by atoms with Crippen molar-refractivity contribution < 1.29 is 19.5 Å². The van der Waals surface area contributed by atoms with Crippen LogP contribution in [0.3, 0.4) is 0 Å². The molecule has 0 aromatic carbocycles. The highest BCUT2D eigenvalue weighted by Gasteiger charge is 2.75. The van der Waals surface area contributed by atoms with Gasteiger partial charge in [0.1, 0.15) is 6.04 Å². The first-order chi connectivity index (χ1) is 18.8. The molecule has 0 saturated carbocycles. The highest BCUT2D eigenvalue weighted by Crippen LogP contribution is 2.68. The van der Waals surface area contributed by atoms with Crippen LogP contribution in [0.5, 0.6) is 0 Å². The first-order valence-corrected chi connectivity index (χ1v) is 16.6. The molecule has 0 aromatic heterocycles. The van der Waals surface area contributed by atoms with E-state index in [2.05, 4.69) is 36.0 Å². The normalized spacial score (nSPS) is 29.0. The van der Waals surface area contributed by atoms with E-state index in [9.17, 15) is 14.4 Å². The maximum atomic E-state index is 14.4. The number of unbranched alkanes of at least 4 members (excludes halogenated alkanes) is 5. The van der Waals surface area contributed by atoms with Crippen molar-refractivity contribution in [2.75, 3.05) is 39.3 Å². The summed E-state index contributed by atoms with van der Waals surface area (Å²) in [6, 6.07) is -0.582. The molecule has 3 saturated heterocycles. The molecule has 3 aliphatic rings. The molecule has 3 rings (SSSR count). The largest absolute Gasteiger partial charge is 0.396 e. The highest BCUT2D eigenvalue weighted by molar-refractivity contribution is 9.09. The number of hydrogen-bond acceptors (Lipinski definition) is 5. The summed E-state index contributed by atoms with van der Waals surface area (Å²) in [4.78, 5) is 48.3. The molecular formula is C30H48BrN3O4S. The molecule has 0 aliphatic carbocycles. The average molecular weight is 627 g/mol. The van der Waals surface area contributed by atoms with E-state index in [1.165, 1.54) is 0 Å². The Balaban J connectivity index is 1.98. The van der Waals surface area contributed by atoms with Crippen molar-refractivity contribution in [3.8, 4) is 0 Å². The van der Waals surface area contributed by atoms with Crippen LogP contribution in [-0.4, -0.2) is 97.7 Å². The first-order valence-electron chi connectivity index (χ1n) is 14.8. The van der Waals surface area contributed by atoms with Gasteiger partial charge in [-0.1, -0.05) is 67.6 Å². The van der Waals surface area contributed by atoms with Gasteiger partial charge in [0, 0.05) is 49.4 Å². The number of aliphatic hydroxyl groups is 1. The number of alkyl halides is 1. The zero-order valence-electron chi connectivity index (χ0n) is 23.9. The summed E-state index contributed by atoms with van der Waals surface area (Å²) in [6.07, 6.45) is 11.4. The molecule has 0 aromatic rings. The van der Waals surface area contributed by atoms with Crippen molar-refractivity contribution in [2.45, 2.75) is 92.5 Å². The monoisotopic (exact) mass is 625 g/mol. The number of amides is 3. The Morgan fingerprint density at radius 3 is 2.31 bits per heavy atom. The summed E-state index contributed by atoms with van der Waals surface area (Å²) < 4.78 is -0.616. The van der Waals surface area contributed by atoms with Crippen molar-refractivity contribution in [3.05, 3.63) is 25.3 Å². The van der Waals surface area contributed by atoms with Gasteiger partial charge in [-0.25, -0.2) is 0 Å². The van der Waals surface area contributed by atoms with E-state index in [0.717, 1.165) is 51.4 Å². The molecule has 0 radical (unpaired) electrons. The Kier molecular flexibility index (Phi) is 12.4. The van der Waals surface area contributed by atoms with E-state index < -0.39 is 22.6 Å². The van der Waals surface area contributed by atoms with Crippen LogP contribution < -0.4 is 0 Å². The van der Waals surface area contributed by atoms with Crippen LogP contribution in [0.2, 0.25) is 0 Å². The van der Waals surface area contributed by atoms with Crippen LogP contribution in [-0.2, 0) is 14.4 Å². The highest BCUT2D eigenvalue weighted by atomic mass is 79.9. The SMILES string of the molecule is C=CCN(CCCCC)C(=O)C1N(CCCCCCO)C(=O)[C@@H]2[C@H](C(=O)N(CC=C)CCC)[C@H]3SC12CC3Br. The number of thioether (sulfide) groups is 1. The standard InChI is InChI=1S/C30H48BrN3O4S/c1-5-9-12-18-33(17-8-4)29(38)26-30-21-22(31)25(39-30)23(27(36)32(15-6-2)16-7-3)24(30)28(37)34(26)19-13-10-11-14-20-35/h6,8,22-26,35H,2,4-5,7,9-21H2,1,3H3/t22?,23-,24-,25-,26?,30?/m0/s1. The lowest BCUT2D eigenvalue weighted by molar-refractivity contribution is -0.144. The zero-order valence-corrected chi connectivity index (χ0v) is 26.3.